The fourth-order valence-corrected chi connectivity index (χ4v) is 2.63. The maximum absolute atomic E-state index is 12.4. The summed E-state index contributed by atoms with van der Waals surface area (Å²) < 4.78 is 10.6. The monoisotopic (exact) mass is 391 g/mol. The van der Waals surface area contributed by atoms with Crippen LogP contribution in [0, 0.1) is 12.5 Å². The Morgan fingerprint density at radius 3 is 2.21 bits per heavy atom. The van der Waals surface area contributed by atoms with E-state index in [1.165, 1.54) is 0 Å². The lowest BCUT2D eigenvalue weighted by atomic mass is 10.0. The summed E-state index contributed by atoms with van der Waals surface area (Å²) in [6.45, 7) is 5.48. The first-order chi connectivity index (χ1) is 14.1. The molecule has 2 aromatic carbocycles. The molecular weight excluding hydrogens is 366 g/mol. The average molecular weight is 391 g/mol. The fraction of sp³-hybridized carbons (Fsp3) is 0.250. The third kappa shape index (κ3) is 7.55. The summed E-state index contributed by atoms with van der Waals surface area (Å²) in [4.78, 5) is 25.2. The highest BCUT2D eigenvalue weighted by Crippen LogP contribution is 2.15. The minimum atomic E-state index is -0.429. The topological polar surface area (TPSA) is 55.8 Å². The number of esters is 1. The second-order valence-electron chi connectivity index (χ2n) is 6.26. The molecule has 0 fully saturated rings. The Balaban J connectivity index is 1.69. The van der Waals surface area contributed by atoms with Crippen molar-refractivity contribution >= 4 is 11.8 Å². The minimum absolute atomic E-state index is 0.0134. The molecule has 150 valence electrons. The number of terminal acetylenes is 1. The van der Waals surface area contributed by atoms with E-state index in [-0.39, 0.29) is 5.78 Å². The second kappa shape index (κ2) is 12.0. The van der Waals surface area contributed by atoms with Crippen LogP contribution < -0.4 is 4.74 Å². The van der Waals surface area contributed by atoms with Gasteiger partial charge < -0.3 is 14.4 Å². The van der Waals surface area contributed by atoms with E-state index in [2.05, 4.69) is 12.6 Å². The number of hydrogen-bond donors (Lipinski definition) is 0. The number of carbonyl (C=O) groups excluding carboxylic acids is 2. The van der Waals surface area contributed by atoms with Gasteiger partial charge in [0.1, 0.15) is 5.75 Å². The standard InChI is InChI=1S/C24H25NO4/c1-3-23(26)29-19-9-17-25(4-2)16-8-18-28-22-14-12-21(13-15-22)24(27)20-10-6-5-7-11-20/h2-3,5-7,10-15H,1,8-9,16-19H2. The van der Waals surface area contributed by atoms with Crippen molar-refractivity contribution in [2.75, 3.05) is 26.3 Å². The molecule has 5 nitrogen and oxygen atoms in total. The molecule has 29 heavy (non-hydrogen) atoms. The molecular formula is C24H25NO4. The largest absolute Gasteiger partial charge is 0.494 e. The second-order valence-corrected chi connectivity index (χ2v) is 6.26. The third-order valence-corrected chi connectivity index (χ3v) is 4.16. The zero-order chi connectivity index (χ0) is 20.9. The summed E-state index contributed by atoms with van der Waals surface area (Å²) in [5.41, 5.74) is 1.29. The van der Waals surface area contributed by atoms with E-state index >= 15 is 0 Å². The van der Waals surface area contributed by atoms with Gasteiger partial charge in [-0.1, -0.05) is 43.3 Å². The highest BCUT2D eigenvalue weighted by atomic mass is 16.5. The van der Waals surface area contributed by atoms with E-state index in [1.807, 2.05) is 23.1 Å². The van der Waals surface area contributed by atoms with Crippen molar-refractivity contribution < 1.29 is 19.1 Å². The van der Waals surface area contributed by atoms with Crippen molar-refractivity contribution in [2.45, 2.75) is 12.8 Å². The smallest absolute Gasteiger partial charge is 0.330 e. The molecule has 2 aromatic rings. The number of benzene rings is 2. The molecule has 0 aliphatic heterocycles. The Bertz CT molecular complexity index is 837. The van der Waals surface area contributed by atoms with Crippen LogP contribution in [0.3, 0.4) is 0 Å². The summed E-state index contributed by atoms with van der Waals surface area (Å²) in [6, 6.07) is 18.9. The first kappa shape index (κ1) is 21.8. The molecule has 0 spiro atoms. The van der Waals surface area contributed by atoms with Gasteiger partial charge >= 0.3 is 5.97 Å². The first-order valence-electron chi connectivity index (χ1n) is 9.47. The van der Waals surface area contributed by atoms with Gasteiger partial charge in [0, 0.05) is 36.3 Å². The predicted octanol–water partition coefficient (Wildman–Crippen LogP) is 3.70. The van der Waals surface area contributed by atoms with E-state index < -0.39 is 5.97 Å². The zero-order valence-corrected chi connectivity index (χ0v) is 16.4. The highest BCUT2D eigenvalue weighted by molar-refractivity contribution is 6.08. The van der Waals surface area contributed by atoms with E-state index in [9.17, 15) is 9.59 Å². The van der Waals surface area contributed by atoms with Gasteiger partial charge in [-0.25, -0.2) is 4.79 Å². The van der Waals surface area contributed by atoms with E-state index in [0.29, 0.717) is 49.6 Å². The zero-order valence-electron chi connectivity index (χ0n) is 16.4. The Morgan fingerprint density at radius 1 is 0.966 bits per heavy atom. The number of ether oxygens (including phenoxy) is 2. The van der Waals surface area contributed by atoms with E-state index in [4.69, 9.17) is 15.9 Å². The van der Waals surface area contributed by atoms with E-state index in [1.54, 1.807) is 36.4 Å². The number of hydrogen-bond acceptors (Lipinski definition) is 5. The van der Waals surface area contributed by atoms with Crippen LogP contribution in [0.2, 0.25) is 0 Å². The number of ketones is 1. The molecule has 0 radical (unpaired) electrons. The summed E-state index contributed by atoms with van der Waals surface area (Å²) in [5.74, 6) is 0.265. The number of carbonyl (C=O) groups is 2. The molecule has 0 aromatic heterocycles. The minimum Gasteiger partial charge on any atom is -0.494 e. The molecule has 0 saturated heterocycles. The van der Waals surface area contributed by atoms with Crippen molar-refractivity contribution in [1.29, 1.82) is 0 Å². The Hall–Kier alpha value is -3.52. The van der Waals surface area contributed by atoms with Crippen LogP contribution in [0.4, 0.5) is 0 Å². The van der Waals surface area contributed by atoms with Gasteiger partial charge in [-0.3, -0.25) is 4.79 Å². The Labute approximate surface area is 171 Å². The van der Waals surface area contributed by atoms with Crippen LogP contribution >= 0.6 is 0 Å². The van der Waals surface area contributed by atoms with Crippen molar-refractivity contribution in [2.24, 2.45) is 0 Å². The summed E-state index contributed by atoms with van der Waals surface area (Å²) >= 11 is 0. The molecule has 0 bridgehead atoms. The SMILES string of the molecule is C#CN(CCCOC(=O)C=C)CCCOc1ccc(C(=O)c2ccccc2)cc1. The van der Waals surface area contributed by atoms with Crippen LogP contribution in [-0.4, -0.2) is 43.0 Å². The van der Waals surface area contributed by atoms with Crippen LogP contribution in [-0.2, 0) is 9.53 Å². The molecule has 0 aliphatic rings. The van der Waals surface area contributed by atoms with Crippen LogP contribution in [0.25, 0.3) is 0 Å². The van der Waals surface area contributed by atoms with Gasteiger partial charge in [0.2, 0.25) is 0 Å². The predicted molar refractivity (Wildman–Crippen MR) is 113 cm³/mol. The molecule has 0 unspecified atom stereocenters. The average Bonchev–Trinajstić information content (AvgIpc) is 2.78. The van der Waals surface area contributed by atoms with Gasteiger partial charge in [0.15, 0.2) is 5.78 Å². The first-order valence-corrected chi connectivity index (χ1v) is 9.47. The van der Waals surface area contributed by atoms with Gasteiger partial charge in [0.05, 0.1) is 13.2 Å². The maximum atomic E-state index is 12.4. The summed E-state index contributed by atoms with van der Waals surface area (Å²) in [5, 5.41) is 0. The normalized spacial score (nSPS) is 9.90. The molecule has 0 saturated carbocycles. The Morgan fingerprint density at radius 2 is 1.59 bits per heavy atom. The quantitative estimate of drug-likeness (QED) is 0.138. The lowest BCUT2D eigenvalue weighted by Gasteiger charge is -2.17. The lowest BCUT2D eigenvalue weighted by molar-refractivity contribution is -0.137. The third-order valence-electron chi connectivity index (χ3n) is 4.16. The van der Waals surface area contributed by atoms with Crippen molar-refractivity contribution in [3.63, 3.8) is 0 Å². The highest BCUT2D eigenvalue weighted by Gasteiger charge is 2.08. The lowest BCUT2D eigenvalue weighted by Crippen LogP contribution is -2.23. The Kier molecular flexibility index (Phi) is 9.04. The summed E-state index contributed by atoms with van der Waals surface area (Å²) in [6.07, 6.45) is 8.05. The molecule has 0 atom stereocenters. The van der Waals surface area contributed by atoms with Crippen LogP contribution in [0.15, 0.2) is 67.3 Å². The van der Waals surface area contributed by atoms with Gasteiger partial charge in [-0.2, -0.15) is 0 Å². The van der Waals surface area contributed by atoms with Crippen LogP contribution in [0.1, 0.15) is 28.8 Å². The molecule has 0 heterocycles. The summed E-state index contributed by atoms with van der Waals surface area (Å²) in [7, 11) is 0. The van der Waals surface area contributed by atoms with Crippen molar-refractivity contribution in [1.82, 2.24) is 4.90 Å². The van der Waals surface area contributed by atoms with Crippen molar-refractivity contribution in [3.05, 3.63) is 78.4 Å². The molecule has 0 N–H and O–H groups in total. The molecule has 2 rings (SSSR count). The number of rotatable bonds is 12. The van der Waals surface area contributed by atoms with Gasteiger partial charge in [-0.05, 0) is 37.1 Å². The molecule has 5 heteroatoms. The van der Waals surface area contributed by atoms with E-state index in [0.717, 1.165) is 12.5 Å². The van der Waals surface area contributed by atoms with Gasteiger partial charge in [0.25, 0.3) is 0 Å². The number of nitrogens with zero attached hydrogens (tertiary/aromatic N) is 1. The maximum Gasteiger partial charge on any atom is 0.330 e. The molecule has 0 aliphatic carbocycles. The molecule has 0 amide bonds. The van der Waals surface area contributed by atoms with Gasteiger partial charge in [-0.15, -0.1) is 0 Å². The van der Waals surface area contributed by atoms with Crippen LogP contribution in [0.5, 0.6) is 5.75 Å². The fourth-order valence-electron chi connectivity index (χ4n) is 2.63. The van der Waals surface area contributed by atoms with Crippen molar-refractivity contribution in [3.8, 4) is 18.2 Å².